The first-order valence-corrected chi connectivity index (χ1v) is 3.90. The predicted molar refractivity (Wildman–Crippen MR) is 55.7 cm³/mol. The Labute approximate surface area is 90.4 Å². The van der Waals surface area contributed by atoms with Crippen molar-refractivity contribution >= 4 is 24.0 Å². The molecule has 2 aromatic heterocycles. The van der Waals surface area contributed by atoms with Crippen LogP contribution in [0.3, 0.4) is 0 Å². The van der Waals surface area contributed by atoms with E-state index >= 15 is 0 Å². The standard InChI is InChI=1S/C9H6N2O3.ClH/c12-8-6(9(13)14)2-3-7-10-4-1-5-11(7)8;/h1-5H,(H,13,14);1H. The van der Waals surface area contributed by atoms with Crippen LogP contribution in [0.5, 0.6) is 0 Å². The summed E-state index contributed by atoms with van der Waals surface area (Å²) in [6.07, 6.45) is 3.02. The van der Waals surface area contributed by atoms with Crippen molar-refractivity contribution in [2.24, 2.45) is 0 Å². The van der Waals surface area contributed by atoms with Crippen LogP contribution in [0, 0.1) is 0 Å². The second-order valence-electron chi connectivity index (χ2n) is 2.71. The van der Waals surface area contributed by atoms with E-state index in [9.17, 15) is 9.59 Å². The van der Waals surface area contributed by atoms with E-state index < -0.39 is 11.5 Å². The first kappa shape index (κ1) is 11.2. The molecule has 78 valence electrons. The molecule has 1 N–H and O–H groups in total. The van der Waals surface area contributed by atoms with Crippen LogP contribution in [-0.4, -0.2) is 20.5 Å². The zero-order valence-electron chi connectivity index (χ0n) is 7.45. The number of nitrogens with zero attached hydrogens (tertiary/aromatic N) is 2. The monoisotopic (exact) mass is 226 g/mol. The van der Waals surface area contributed by atoms with Crippen molar-refractivity contribution in [2.45, 2.75) is 0 Å². The topological polar surface area (TPSA) is 71.7 Å². The van der Waals surface area contributed by atoms with Crippen molar-refractivity contribution in [1.82, 2.24) is 9.38 Å². The third-order valence-electron chi connectivity index (χ3n) is 1.85. The summed E-state index contributed by atoms with van der Waals surface area (Å²) in [4.78, 5) is 26.1. The number of halogens is 1. The van der Waals surface area contributed by atoms with Gasteiger partial charge in [0.15, 0.2) is 0 Å². The Hall–Kier alpha value is -1.88. The molecule has 2 heterocycles. The van der Waals surface area contributed by atoms with Crippen LogP contribution in [0.4, 0.5) is 0 Å². The number of hydrogen-bond acceptors (Lipinski definition) is 3. The lowest BCUT2D eigenvalue weighted by atomic mass is 10.3. The number of hydrogen-bond donors (Lipinski definition) is 1. The summed E-state index contributed by atoms with van der Waals surface area (Å²) in [6, 6.07) is 4.32. The number of aromatic carboxylic acids is 1. The summed E-state index contributed by atoms with van der Waals surface area (Å²) in [5, 5.41) is 8.69. The van der Waals surface area contributed by atoms with E-state index in [1.165, 1.54) is 28.9 Å². The molecule has 0 atom stereocenters. The van der Waals surface area contributed by atoms with E-state index in [0.717, 1.165) is 0 Å². The van der Waals surface area contributed by atoms with E-state index in [0.29, 0.717) is 5.65 Å². The van der Waals surface area contributed by atoms with Gasteiger partial charge in [0.05, 0.1) is 0 Å². The summed E-state index contributed by atoms with van der Waals surface area (Å²) >= 11 is 0. The molecule has 0 aromatic carbocycles. The zero-order valence-corrected chi connectivity index (χ0v) is 8.27. The van der Waals surface area contributed by atoms with Gasteiger partial charge >= 0.3 is 5.97 Å². The van der Waals surface area contributed by atoms with Crippen molar-refractivity contribution in [1.29, 1.82) is 0 Å². The Balaban J connectivity index is 0.00000112. The Kier molecular flexibility index (Phi) is 3.06. The number of pyridine rings is 1. The number of rotatable bonds is 1. The fourth-order valence-corrected chi connectivity index (χ4v) is 1.20. The van der Waals surface area contributed by atoms with Gasteiger partial charge in [-0.2, -0.15) is 0 Å². The molecule has 0 fully saturated rings. The average Bonchev–Trinajstić information content (AvgIpc) is 2.18. The summed E-state index contributed by atoms with van der Waals surface area (Å²) in [5.41, 5.74) is -0.388. The van der Waals surface area contributed by atoms with Crippen LogP contribution in [0.2, 0.25) is 0 Å². The predicted octanol–water partition coefficient (Wildman–Crippen LogP) is 0.814. The van der Waals surface area contributed by atoms with Gasteiger partial charge in [-0.3, -0.25) is 9.20 Å². The number of carbonyl (C=O) groups is 1. The minimum atomic E-state index is -1.23. The molecule has 0 saturated carbocycles. The van der Waals surface area contributed by atoms with Gasteiger partial charge < -0.3 is 5.11 Å². The molecule has 2 aromatic rings. The Morgan fingerprint density at radius 1 is 1.40 bits per heavy atom. The van der Waals surface area contributed by atoms with Gasteiger partial charge in [0, 0.05) is 12.4 Å². The van der Waals surface area contributed by atoms with Gasteiger partial charge in [0.2, 0.25) is 0 Å². The van der Waals surface area contributed by atoms with E-state index in [1.807, 2.05) is 0 Å². The maximum atomic E-state index is 11.5. The molecule has 0 saturated heterocycles. The van der Waals surface area contributed by atoms with Gasteiger partial charge in [0.1, 0.15) is 11.2 Å². The highest BCUT2D eigenvalue weighted by Gasteiger charge is 2.09. The molecule has 0 unspecified atom stereocenters. The van der Waals surface area contributed by atoms with E-state index in [-0.39, 0.29) is 18.0 Å². The summed E-state index contributed by atoms with van der Waals surface area (Å²) < 4.78 is 1.20. The molecule has 0 aliphatic rings. The fraction of sp³-hybridized carbons (Fsp3) is 0. The van der Waals surface area contributed by atoms with Crippen LogP contribution < -0.4 is 5.56 Å². The van der Waals surface area contributed by atoms with E-state index in [4.69, 9.17) is 5.11 Å². The minimum absolute atomic E-state index is 0. The molecule has 0 aliphatic heterocycles. The molecule has 0 amide bonds. The van der Waals surface area contributed by atoms with Crippen molar-refractivity contribution in [3.05, 3.63) is 46.5 Å². The number of fused-ring (bicyclic) bond motifs is 1. The molecule has 15 heavy (non-hydrogen) atoms. The lowest BCUT2D eigenvalue weighted by Crippen LogP contribution is -2.21. The molecule has 0 radical (unpaired) electrons. The molecule has 6 heteroatoms. The van der Waals surface area contributed by atoms with Crippen molar-refractivity contribution < 1.29 is 9.90 Å². The lowest BCUT2D eigenvalue weighted by molar-refractivity contribution is 0.0695. The highest BCUT2D eigenvalue weighted by molar-refractivity contribution is 5.87. The summed E-state index contributed by atoms with van der Waals surface area (Å²) in [7, 11) is 0. The molecular formula is C9H7ClN2O3. The SMILES string of the molecule is Cl.O=C(O)c1ccc2ncccn2c1=O. The third kappa shape index (κ3) is 1.82. The first-order valence-electron chi connectivity index (χ1n) is 3.90. The lowest BCUT2D eigenvalue weighted by Gasteiger charge is -1.99. The quantitative estimate of drug-likeness (QED) is 0.781. The van der Waals surface area contributed by atoms with Crippen LogP contribution in [0.15, 0.2) is 35.4 Å². The highest BCUT2D eigenvalue weighted by atomic mass is 35.5. The number of carboxylic acid groups (broad SMARTS) is 1. The summed E-state index contributed by atoms with van der Waals surface area (Å²) in [6.45, 7) is 0. The van der Waals surface area contributed by atoms with Crippen LogP contribution in [0.1, 0.15) is 10.4 Å². The molecule has 0 aliphatic carbocycles. The van der Waals surface area contributed by atoms with Crippen LogP contribution in [0.25, 0.3) is 5.65 Å². The Bertz CT molecular complexity index is 565. The van der Waals surface area contributed by atoms with E-state index in [1.54, 1.807) is 6.07 Å². The zero-order chi connectivity index (χ0) is 10.1. The van der Waals surface area contributed by atoms with E-state index in [2.05, 4.69) is 4.98 Å². The Morgan fingerprint density at radius 2 is 2.13 bits per heavy atom. The van der Waals surface area contributed by atoms with Gasteiger partial charge in [-0.05, 0) is 18.2 Å². The van der Waals surface area contributed by atoms with Crippen LogP contribution >= 0.6 is 12.4 Å². The molecular weight excluding hydrogens is 220 g/mol. The first-order chi connectivity index (χ1) is 6.70. The maximum absolute atomic E-state index is 11.5. The third-order valence-corrected chi connectivity index (χ3v) is 1.85. The van der Waals surface area contributed by atoms with Gasteiger partial charge in [-0.25, -0.2) is 9.78 Å². The molecule has 0 spiro atoms. The Morgan fingerprint density at radius 3 is 2.80 bits per heavy atom. The fourth-order valence-electron chi connectivity index (χ4n) is 1.20. The minimum Gasteiger partial charge on any atom is -0.477 e. The molecule has 5 nitrogen and oxygen atoms in total. The number of aromatic nitrogens is 2. The van der Waals surface area contributed by atoms with Crippen molar-refractivity contribution in [3.63, 3.8) is 0 Å². The molecule has 0 bridgehead atoms. The van der Waals surface area contributed by atoms with Gasteiger partial charge in [0.25, 0.3) is 5.56 Å². The summed E-state index contributed by atoms with van der Waals surface area (Å²) in [5.74, 6) is -1.23. The second kappa shape index (κ2) is 4.10. The maximum Gasteiger partial charge on any atom is 0.341 e. The van der Waals surface area contributed by atoms with Crippen molar-refractivity contribution in [2.75, 3.05) is 0 Å². The molecule has 2 rings (SSSR count). The second-order valence-corrected chi connectivity index (χ2v) is 2.71. The van der Waals surface area contributed by atoms with Crippen LogP contribution in [-0.2, 0) is 0 Å². The normalized spacial score (nSPS) is 9.60. The van der Waals surface area contributed by atoms with Gasteiger partial charge in [-0.1, -0.05) is 0 Å². The number of carboxylic acids is 1. The average molecular weight is 227 g/mol. The highest BCUT2D eigenvalue weighted by Crippen LogP contribution is 1.97. The largest absolute Gasteiger partial charge is 0.477 e. The smallest absolute Gasteiger partial charge is 0.341 e. The van der Waals surface area contributed by atoms with Gasteiger partial charge in [-0.15, -0.1) is 12.4 Å². The van der Waals surface area contributed by atoms with Crippen molar-refractivity contribution in [3.8, 4) is 0 Å².